The third kappa shape index (κ3) is 5.38. The van der Waals surface area contributed by atoms with Gasteiger partial charge in [0.25, 0.3) is 0 Å². The number of rotatable bonds is 9. The molecule has 0 aliphatic heterocycles. The molecular weight excluding hydrogens is 392 g/mol. The quantitative estimate of drug-likeness (QED) is 0.177. The third-order valence-electron chi connectivity index (χ3n) is 5.71. The fraction of sp³-hybridized carbons (Fsp3) is 0.250. The number of aliphatic imine (C=N–C) groups is 1. The summed E-state index contributed by atoms with van der Waals surface area (Å²) in [5, 5.41) is 9.44. The van der Waals surface area contributed by atoms with E-state index in [4.69, 9.17) is 10.7 Å². The zero-order valence-corrected chi connectivity index (χ0v) is 18.8. The highest BCUT2D eigenvalue weighted by molar-refractivity contribution is 6.04. The van der Waals surface area contributed by atoms with Crippen LogP contribution in [0.15, 0.2) is 95.8 Å². The van der Waals surface area contributed by atoms with E-state index in [0.717, 1.165) is 30.1 Å². The Labute approximate surface area is 190 Å². The molecule has 1 fully saturated rings. The molecular formula is C28H32N4. The minimum atomic E-state index is 0.554. The Balaban J connectivity index is 1.62. The van der Waals surface area contributed by atoms with E-state index in [0.29, 0.717) is 18.2 Å². The highest BCUT2D eigenvalue weighted by Crippen LogP contribution is 2.35. The lowest BCUT2D eigenvalue weighted by Crippen LogP contribution is -2.25. The SMILES string of the molecule is C=C(/C=C(\NCCC)C1CC1)NC(=NCc1cccc2ccccc12)c1ccccc1N. The number of nitrogen functional groups attached to an aromatic ring is 1. The molecule has 0 radical (unpaired) electrons. The predicted octanol–water partition coefficient (Wildman–Crippen LogP) is 5.77. The maximum atomic E-state index is 6.30. The van der Waals surface area contributed by atoms with Crippen molar-refractivity contribution >= 4 is 22.3 Å². The minimum absolute atomic E-state index is 0.554. The number of nitrogens with one attached hydrogen (secondary N) is 2. The molecule has 3 aromatic rings. The number of anilines is 1. The molecule has 1 aliphatic carbocycles. The number of fused-ring (bicyclic) bond motifs is 1. The van der Waals surface area contributed by atoms with Crippen LogP contribution in [0.3, 0.4) is 0 Å². The molecule has 1 aliphatic rings. The van der Waals surface area contributed by atoms with E-state index in [1.54, 1.807) is 0 Å². The molecule has 0 heterocycles. The molecule has 4 nitrogen and oxygen atoms in total. The highest BCUT2D eigenvalue weighted by atomic mass is 15.0. The van der Waals surface area contributed by atoms with Gasteiger partial charge in [-0.25, -0.2) is 0 Å². The molecule has 0 spiro atoms. The van der Waals surface area contributed by atoms with Crippen molar-refractivity contribution in [3.05, 3.63) is 102 Å². The zero-order chi connectivity index (χ0) is 22.3. The van der Waals surface area contributed by atoms with Crippen molar-refractivity contribution in [3.8, 4) is 0 Å². The van der Waals surface area contributed by atoms with E-state index in [2.05, 4.69) is 72.7 Å². The van der Waals surface area contributed by atoms with E-state index in [1.165, 1.54) is 34.9 Å². The molecule has 4 N–H and O–H groups in total. The topological polar surface area (TPSA) is 62.4 Å². The molecule has 1 saturated carbocycles. The second kappa shape index (κ2) is 10.2. The first-order chi connectivity index (χ1) is 15.7. The Hall–Kier alpha value is -3.53. The van der Waals surface area contributed by atoms with Crippen molar-refractivity contribution in [3.63, 3.8) is 0 Å². The Kier molecular flexibility index (Phi) is 6.90. The van der Waals surface area contributed by atoms with Gasteiger partial charge in [-0.15, -0.1) is 0 Å². The average Bonchev–Trinajstić information content (AvgIpc) is 3.65. The first kappa shape index (κ1) is 21.7. The van der Waals surface area contributed by atoms with Crippen LogP contribution < -0.4 is 16.4 Å². The smallest absolute Gasteiger partial charge is 0.135 e. The second-order valence-electron chi connectivity index (χ2n) is 8.34. The van der Waals surface area contributed by atoms with Gasteiger partial charge in [-0.05, 0) is 59.7 Å². The van der Waals surface area contributed by atoms with Crippen molar-refractivity contribution in [2.24, 2.45) is 10.9 Å². The fourth-order valence-electron chi connectivity index (χ4n) is 3.85. The first-order valence-electron chi connectivity index (χ1n) is 11.4. The van der Waals surface area contributed by atoms with Crippen molar-refractivity contribution in [1.29, 1.82) is 0 Å². The standard InChI is InChI=1S/C28H32N4/c1-3-17-30-27(22-15-16-22)18-20(2)32-28(25-13-6-7-14-26(25)29)31-19-23-11-8-10-21-9-4-5-12-24(21)23/h4-14,18,22,30H,2-3,15-17,19,29H2,1H3,(H,31,32)/b27-18-. The number of hydrogen-bond donors (Lipinski definition) is 3. The summed E-state index contributed by atoms with van der Waals surface area (Å²) in [6.45, 7) is 7.97. The van der Waals surface area contributed by atoms with Gasteiger partial charge in [0.15, 0.2) is 0 Å². The summed E-state index contributed by atoms with van der Waals surface area (Å²) in [4.78, 5) is 4.96. The summed E-state index contributed by atoms with van der Waals surface area (Å²) >= 11 is 0. The summed E-state index contributed by atoms with van der Waals surface area (Å²) in [5.41, 5.74) is 11.1. The summed E-state index contributed by atoms with van der Waals surface area (Å²) in [6.07, 6.45) is 5.70. The van der Waals surface area contributed by atoms with Crippen LogP contribution in [0.1, 0.15) is 37.3 Å². The Morgan fingerprint density at radius 2 is 1.81 bits per heavy atom. The van der Waals surface area contributed by atoms with Crippen LogP contribution in [-0.4, -0.2) is 12.4 Å². The van der Waals surface area contributed by atoms with E-state index in [-0.39, 0.29) is 0 Å². The van der Waals surface area contributed by atoms with Gasteiger partial charge in [0.2, 0.25) is 0 Å². The largest absolute Gasteiger partial charge is 0.398 e. The van der Waals surface area contributed by atoms with Crippen LogP contribution in [-0.2, 0) is 6.54 Å². The molecule has 4 rings (SSSR count). The van der Waals surface area contributed by atoms with Crippen LogP contribution in [0.4, 0.5) is 5.69 Å². The van der Waals surface area contributed by atoms with Crippen LogP contribution in [0.2, 0.25) is 0 Å². The van der Waals surface area contributed by atoms with E-state index in [9.17, 15) is 0 Å². The van der Waals surface area contributed by atoms with Crippen molar-refractivity contribution < 1.29 is 0 Å². The maximum absolute atomic E-state index is 6.30. The van der Waals surface area contributed by atoms with Gasteiger partial charge in [0, 0.05) is 29.2 Å². The molecule has 0 amide bonds. The van der Waals surface area contributed by atoms with Crippen LogP contribution >= 0.6 is 0 Å². The maximum Gasteiger partial charge on any atom is 0.135 e. The van der Waals surface area contributed by atoms with Gasteiger partial charge in [-0.1, -0.05) is 68.1 Å². The Morgan fingerprint density at radius 1 is 1.06 bits per heavy atom. The average molecular weight is 425 g/mol. The molecule has 3 aromatic carbocycles. The fourth-order valence-corrected chi connectivity index (χ4v) is 3.85. The van der Waals surface area contributed by atoms with Crippen LogP contribution in [0.25, 0.3) is 10.8 Å². The van der Waals surface area contributed by atoms with Gasteiger partial charge in [-0.3, -0.25) is 4.99 Å². The molecule has 0 atom stereocenters. The summed E-state index contributed by atoms with van der Waals surface area (Å²) < 4.78 is 0. The number of hydrogen-bond acceptors (Lipinski definition) is 3. The summed E-state index contributed by atoms with van der Waals surface area (Å²) in [6, 6.07) is 22.6. The minimum Gasteiger partial charge on any atom is -0.398 e. The number of allylic oxidation sites excluding steroid dienone is 2. The van der Waals surface area contributed by atoms with Gasteiger partial charge < -0.3 is 16.4 Å². The van der Waals surface area contributed by atoms with E-state index < -0.39 is 0 Å². The molecule has 0 saturated heterocycles. The van der Waals surface area contributed by atoms with Gasteiger partial charge in [0.05, 0.1) is 6.54 Å². The lowest BCUT2D eigenvalue weighted by atomic mass is 10.0. The highest BCUT2D eigenvalue weighted by Gasteiger charge is 2.25. The van der Waals surface area contributed by atoms with E-state index >= 15 is 0 Å². The first-order valence-corrected chi connectivity index (χ1v) is 11.4. The number of nitrogens with two attached hydrogens (primary N) is 1. The third-order valence-corrected chi connectivity index (χ3v) is 5.71. The molecule has 0 aromatic heterocycles. The van der Waals surface area contributed by atoms with Crippen LogP contribution in [0.5, 0.6) is 0 Å². The number of para-hydroxylation sites is 1. The van der Waals surface area contributed by atoms with Crippen molar-refractivity contribution in [2.45, 2.75) is 32.7 Å². The molecule has 0 bridgehead atoms. The number of nitrogens with zero attached hydrogens (tertiary/aromatic N) is 1. The Morgan fingerprint density at radius 3 is 2.59 bits per heavy atom. The van der Waals surface area contributed by atoms with Gasteiger partial charge in [-0.2, -0.15) is 0 Å². The van der Waals surface area contributed by atoms with Gasteiger partial charge >= 0.3 is 0 Å². The summed E-state index contributed by atoms with van der Waals surface area (Å²) in [5.74, 6) is 1.36. The number of benzene rings is 3. The predicted molar refractivity (Wildman–Crippen MR) is 136 cm³/mol. The van der Waals surface area contributed by atoms with Crippen LogP contribution in [0, 0.1) is 5.92 Å². The van der Waals surface area contributed by atoms with Gasteiger partial charge in [0.1, 0.15) is 5.84 Å². The van der Waals surface area contributed by atoms with E-state index in [1.807, 2.05) is 24.3 Å². The van der Waals surface area contributed by atoms with Crippen molar-refractivity contribution in [1.82, 2.24) is 10.6 Å². The molecule has 0 unspecified atom stereocenters. The molecule has 32 heavy (non-hydrogen) atoms. The normalized spacial score (nSPS) is 14.4. The lowest BCUT2D eigenvalue weighted by Gasteiger charge is -2.15. The lowest BCUT2D eigenvalue weighted by molar-refractivity contribution is 0.718. The monoisotopic (exact) mass is 424 g/mol. The second-order valence-corrected chi connectivity index (χ2v) is 8.34. The zero-order valence-electron chi connectivity index (χ0n) is 18.8. The van der Waals surface area contributed by atoms with Crippen molar-refractivity contribution in [2.75, 3.05) is 12.3 Å². The number of amidine groups is 1. The Bertz CT molecular complexity index is 1150. The summed E-state index contributed by atoms with van der Waals surface area (Å²) in [7, 11) is 0. The molecule has 164 valence electrons. The molecule has 4 heteroatoms.